The van der Waals surface area contributed by atoms with Gasteiger partial charge in [0, 0.05) is 11.8 Å². The second-order valence-corrected chi connectivity index (χ2v) is 7.09. The Bertz CT molecular complexity index is 638. The molecular formula is C16H19NO2S. The minimum atomic E-state index is -0.886. The lowest BCUT2D eigenvalue weighted by atomic mass is 9.91. The third kappa shape index (κ3) is 3.25. The van der Waals surface area contributed by atoms with Crippen LogP contribution in [0.4, 0.5) is 0 Å². The normalized spacial score (nSPS) is 11.6. The highest BCUT2D eigenvalue weighted by Crippen LogP contribution is 2.30. The Balaban J connectivity index is 2.37. The van der Waals surface area contributed by atoms with Crippen molar-refractivity contribution in [3.63, 3.8) is 0 Å². The van der Waals surface area contributed by atoms with E-state index in [0.29, 0.717) is 17.0 Å². The molecule has 1 heterocycles. The van der Waals surface area contributed by atoms with E-state index < -0.39 is 5.97 Å². The molecule has 0 fully saturated rings. The molecule has 1 aromatic carbocycles. The molecule has 0 atom stereocenters. The van der Waals surface area contributed by atoms with Gasteiger partial charge in [0.05, 0.1) is 10.7 Å². The van der Waals surface area contributed by atoms with Crippen molar-refractivity contribution in [2.24, 2.45) is 0 Å². The minimum Gasteiger partial charge on any atom is -0.477 e. The summed E-state index contributed by atoms with van der Waals surface area (Å²) in [5.74, 6) is -0.886. The van der Waals surface area contributed by atoms with E-state index in [2.05, 4.69) is 24.0 Å². The first-order valence-electron chi connectivity index (χ1n) is 6.56. The van der Waals surface area contributed by atoms with Crippen LogP contribution in [0, 0.1) is 6.92 Å². The molecule has 0 saturated carbocycles. The number of carboxylic acids is 1. The van der Waals surface area contributed by atoms with E-state index in [1.165, 1.54) is 16.9 Å². The van der Waals surface area contributed by atoms with Crippen molar-refractivity contribution >= 4 is 17.3 Å². The topological polar surface area (TPSA) is 50.2 Å². The lowest BCUT2D eigenvalue weighted by Gasteiger charge is -2.16. The van der Waals surface area contributed by atoms with Crippen LogP contribution < -0.4 is 0 Å². The predicted molar refractivity (Wildman–Crippen MR) is 81.8 cm³/mol. The molecule has 2 aromatic rings. The largest absolute Gasteiger partial charge is 0.477 e. The van der Waals surface area contributed by atoms with Crippen LogP contribution in [0.5, 0.6) is 0 Å². The third-order valence-corrected chi connectivity index (χ3v) is 4.06. The summed E-state index contributed by atoms with van der Waals surface area (Å²) in [7, 11) is 0. The van der Waals surface area contributed by atoms with E-state index in [0.717, 1.165) is 10.6 Å². The number of aromatic carboxylic acids is 1. The Hall–Kier alpha value is -1.68. The van der Waals surface area contributed by atoms with Crippen molar-refractivity contribution in [1.29, 1.82) is 0 Å². The Labute approximate surface area is 123 Å². The first-order valence-corrected chi connectivity index (χ1v) is 7.38. The zero-order chi connectivity index (χ0) is 14.9. The molecule has 0 aliphatic carbocycles. The summed E-state index contributed by atoms with van der Waals surface area (Å²) in [6.45, 7) is 8.02. The maximum absolute atomic E-state index is 11.4. The number of benzene rings is 1. The van der Waals surface area contributed by atoms with E-state index >= 15 is 0 Å². The van der Waals surface area contributed by atoms with Gasteiger partial charge in [-0.05, 0) is 12.5 Å². The van der Waals surface area contributed by atoms with Crippen LogP contribution >= 0.6 is 11.3 Å². The van der Waals surface area contributed by atoms with Crippen LogP contribution in [0.25, 0.3) is 0 Å². The Morgan fingerprint density at radius 3 is 2.55 bits per heavy atom. The molecule has 1 N–H and O–H groups in total. The van der Waals surface area contributed by atoms with Crippen molar-refractivity contribution in [3.05, 3.63) is 51.0 Å². The van der Waals surface area contributed by atoms with Gasteiger partial charge in [0.2, 0.25) is 0 Å². The lowest BCUT2D eigenvalue weighted by Crippen LogP contribution is -2.16. The van der Waals surface area contributed by atoms with Gasteiger partial charge in [-0.2, -0.15) is 0 Å². The van der Waals surface area contributed by atoms with E-state index in [1.54, 1.807) is 0 Å². The summed E-state index contributed by atoms with van der Waals surface area (Å²) in [6.07, 6.45) is 0.683. The highest BCUT2D eigenvalue weighted by molar-refractivity contribution is 7.13. The summed E-state index contributed by atoms with van der Waals surface area (Å²) in [5, 5.41) is 10.2. The molecule has 2 rings (SSSR count). The van der Waals surface area contributed by atoms with Crippen molar-refractivity contribution in [3.8, 4) is 0 Å². The number of aryl methyl sites for hydroxylation is 1. The maximum atomic E-state index is 11.4. The SMILES string of the molecule is Cc1cccc(Cc2nc(C(C)(C)C)c(C(=O)O)s2)c1. The quantitative estimate of drug-likeness (QED) is 0.927. The van der Waals surface area contributed by atoms with E-state index in [4.69, 9.17) is 0 Å². The fourth-order valence-electron chi connectivity index (χ4n) is 2.09. The molecule has 106 valence electrons. The van der Waals surface area contributed by atoms with Gasteiger partial charge >= 0.3 is 5.97 Å². The van der Waals surface area contributed by atoms with Gasteiger partial charge in [0.1, 0.15) is 4.88 Å². The van der Waals surface area contributed by atoms with E-state index in [1.807, 2.05) is 32.9 Å². The van der Waals surface area contributed by atoms with Gasteiger partial charge < -0.3 is 5.11 Å². The molecule has 20 heavy (non-hydrogen) atoms. The molecule has 4 heteroatoms. The second kappa shape index (κ2) is 5.37. The molecule has 0 amide bonds. The van der Waals surface area contributed by atoms with Crippen LogP contribution in [-0.4, -0.2) is 16.1 Å². The molecule has 0 spiro atoms. The second-order valence-electron chi connectivity index (χ2n) is 6.01. The maximum Gasteiger partial charge on any atom is 0.347 e. The molecule has 1 aromatic heterocycles. The average molecular weight is 289 g/mol. The number of rotatable bonds is 3. The van der Waals surface area contributed by atoms with Crippen LogP contribution in [0.3, 0.4) is 0 Å². The van der Waals surface area contributed by atoms with Gasteiger partial charge in [-0.1, -0.05) is 50.6 Å². The van der Waals surface area contributed by atoms with E-state index in [-0.39, 0.29) is 5.41 Å². The zero-order valence-electron chi connectivity index (χ0n) is 12.2. The number of nitrogens with zero attached hydrogens (tertiary/aromatic N) is 1. The summed E-state index contributed by atoms with van der Waals surface area (Å²) < 4.78 is 0. The first kappa shape index (κ1) is 14.7. The van der Waals surface area contributed by atoms with Gasteiger partial charge in [0.15, 0.2) is 0 Å². The highest BCUT2D eigenvalue weighted by atomic mass is 32.1. The standard InChI is InChI=1S/C16H19NO2S/c1-10-6-5-7-11(8-10)9-12-17-14(16(2,3)4)13(20-12)15(18)19/h5-8H,9H2,1-4H3,(H,18,19). The van der Waals surface area contributed by atoms with Crippen LogP contribution in [-0.2, 0) is 11.8 Å². The number of thiazole rings is 1. The third-order valence-electron chi connectivity index (χ3n) is 3.01. The lowest BCUT2D eigenvalue weighted by molar-refractivity contribution is 0.0699. The van der Waals surface area contributed by atoms with Crippen molar-refractivity contribution in [1.82, 2.24) is 4.98 Å². The van der Waals surface area contributed by atoms with Crippen LogP contribution in [0.2, 0.25) is 0 Å². The summed E-state index contributed by atoms with van der Waals surface area (Å²) >= 11 is 1.28. The van der Waals surface area contributed by atoms with Crippen molar-refractivity contribution in [2.45, 2.75) is 39.5 Å². The molecule has 3 nitrogen and oxygen atoms in total. The highest BCUT2D eigenvalue weighted by Gasteiger charge is 2.26. The average Bonchev–Trinajstić information content (AvgIpc) is 2.73. The summed E-state index contributed by atoms with van der Waals surface area (Å²) in [6, 6.07) is 8.22. The summed E-state index contributed by atoms with van der Waals surface area (Å²) in [4.78, 5) is 16.3. The van der Waals surface area contributed by atoms with Crippen molar-refractivity contribution in [2.75, 3.05) is 0 Å². The number of aromatic nitrogens is 1. The molecule has 0 aliphatic heterocycles. The minimum absolute atomic E-state index is 0.255. The fraction of sp³-hybridized carbons (Fsp3) is 0.375. The first-order chi connectivity index (χ1) is 9.27. The molecule has 0 saturated heterocycles. The molecule has 0 bridgehead atoms. The molecular weight excluding hydrogens is 270 g/mol. The van der Waals surface area contributed by atoms with Gasteiger partial charge in [-0.25, -0.2) is 9.78 Å². The Kier molecular flexibility index (Phi) is 3.95. The summed E-state index contributed by atoms with van der Waals surface area (Å²) in [5.41, 5.74) is 2.79. The number of carbonyl (C=O) groups is 1. The fourth-order valence-corrected chi connectivity index (χ4v) is 3.24. The Morgan fingerprint density at radius 2 is 2.05 bits per heavy atom. The number of hydrogen-bond donors (Lipinski definition) is 1. The number of carboxylic acid groups (broad SMARTS) is 1. The van der Waals surface area contributed by atoms with Crippen molar-refractivity contribution < 1.29 is 9.90 Å². The van der Waals surface area contributed by atoms with Crippen LogP contribution in [0.1, 0.15) is 52.3 Å². The van der Waals surface area contributed by atoms with Gasteiger partial charge in [0.25, 0.3) is 0 Å². The van der Waals surface area contributed by atoms with Gasteiger partial charge in [-0.15, -0.1) is 11.3 Å². The number of hydrogen-bond acceptors (Lipinski definition) is 3. The Morgan fingerprint density at radius 1 is 1.35 bits per heavy atom. The molecule has 0 aliphatic rings. The predicted octanol–water partition coefficient (Wildman–Crippen LogP) is 4.04. The molecule has 0 radical (unpaired) electrons. The monoisotopic (exact) mass is 289 g/mol. The van der Waals surface area contributed by atoms with Crippen LogP contribution in [0.15, 0.2) is 24.3 Å². The zero-order valence-corrected chi connectivity index (χ0v) is 13.0. The van der Waals surface area contributed by atoms with Gasteiger partial charge in [-0.3, -0.25) is 0 Å². The molecule has 0 unspecified atom stereocenters. The van der Waals surface area contributed by atoms with E-state index in [9.17, 15) is 9.90 Å². The smallest absolute Gasteiger partial charge is 0.347 e.